The van der Waals surface area contributed by atoms with E-state index in [0.717, 1.165) is 13.0 Å². The van der Waals surface area contributed by atoms with Gasteiger partial charge in [0.05, 0.1) is 12.6 Å². The Bertz CT molecular complexity index is 583. The molecule has 0 amide bonds. The summed E-state index contributed by atoms with van der Waals surface area (Å²) >= 11 is 0. The highest BCUT2D eigenvalue weighted by atomic mass is 16.5. The summed E-state index contributed by atoms with van der Waals surface area (Å²) < 4.78 is 6.10. The molecule has 2 aromatic carbocycles. The molecule has 3 atom stereocenters. The minimum absolute atomic E-state index is 0.286. The van der Waals surface area contributed by atoms with Gasteiger partial charge in [0.1, 0.15) is 6.23 Å². The van der Waals surface area contributed by atoms with E-state index in [-0.39, 0.29) is 6.23 Å². The Hall–Kier alpha value is -1.64. The van der Waals surface area contributed by atoms with Gasteiger partial charge in [-0.3, -0.25) is 4.90 Å². The molecule has 21 heavy (non-hydrogen) atoms. The Morgan fingerprint density at radius 2 is 1.38 bits per heavy atom. The molecular weight excluding hydrogens is 258 g/mol. The van der Waals surface area contributed by atoms with Crippen LogP contribution in [-0.4, -0.2) is 17.7 Å². The standard InChI is InChI=1S/C19H21NO/c1-3-8-15(9-4-1)17-12-7-13-19-20(17)18(14-21-19)16-10-5-2-6-11-16/h1-6,8-11,17-19H,7,12-14H2/t17-,18-,19-/m1/s1. The second kappa shape index (κ2) is 5.63. The fourth-order valence-corrected chi connectivity index (χ4v) is 3.82. The molecular formula is C19H21NO. The van der Waals surface area contributed by atoms with Gasteiger partial charge >= 0.3 is 0 Å². The molecule has 0 N–H and O–H groups in total. The van der Waals surface area contributed by atoms with Crippen LogP contribution in [-0.2, 0) is 4.74 Å². The zero-order chi connectivity index (χ0) is 14.1. The number of benzene rings is 2. The lowest BCUT2D eigenvalue weighted by molar-refractivity contribution is -0.0271. The Labute approximate surface area is 126 Å². The average Bonchev–Trinajstić information content (AvgIpc) is 3.00. The number of ether oxygens (including phenoxy) is 1. The number of fused-ring (bicyclic) bond motifs is 1. The Kier molecular flexibility index (Phi) is 3.50. The normalized spacial score (nSPS) is 29.2. The lowest BCUT2D eigenvalue weighted by atomic mass is 9.92. The van der Waals surface area contributed by atoms with Crippen molar-refractivity contribution in [1.82, 2.24) is 4.90 Å². The van der Waals surface area contributed by atoms with Crippen molar-refractivity contribution in [2.75, 3.05) is 6.61 Å². The lowest BCUT2D eigenvalue weighted by Crippen LogP contribution is -2.39. The monoisotopic (exact) mass is 279 g/mol. The van der Waals surface area contributed by atoms with Gasteiger partial charge in [0.2, 0.25) is 0 Å². The van der Waals surface area contributed by atoms with Gasteiger partial charge in [0, 0.05) is 6.04 Å². The molecule has 0 aliphatic carbocycles. The molecule has 0 radical (unpaired) electrons. The van der Waals surface area contributed by atoms with Gasteiger partial charge in [-0.15, -0.1) is 0 Å². The van der Waals surface area contributed by atoms with Crippen LogP contribution in [0.25, 0.3) is 0 Å². The predicted molar refractivity (Wildman–Crippen MR) is 83.8 cm³/mol. The van der Waals surface area contributed by atoms with Crippen molar-refractivity contribution in [2.24, 2.45) is 0 Å². The number of piperidine rings is 1. The molecule has 2 aliphatic rings. The number of hydrogen-bond acceptors (Lipinski definition) is 2. The van der Waals surface area contributed by atoms with E-state index in [2.05, 4.69) is 65.6 Å². The highest BCUT2D eigenvalue weighted by Crippen LogP contribution is 2.44. The predicted octanol–water partition coefficient (Wildman–Crippen LogP) is 4.31. The Morgan fingerprint density at radius 1 is 0.762 bits per heavy atom. The fourth-order valence-electron chi connectivity index (χ4n) is 3.82. The van der Waals surface area contributed by atoms with Crippen molar-refractivity contribution in [3.63, 3.8) is 0 Å². The Morgan fingerprint density at radius 3 is 2.05 bits per heavy atom. The summed E-state index contributed by atoms with van der Waals surface area (Å²) in [7, 11) is 0. The number of rotatable bonds is 2. The van der Waals surface area contributed by atoms with E-state index in [9.17, 15) is 0 Å². The minimum atomic E-state index is 0.286. The molecule has 2 aromatic rings. The summed E-state index contributed by atoms with van der Waals surface area (Å²) in [6.07, 6.45) is 3.93. The van der Waals surface area contributed by atoms with Crippen LogP contribution in [0.5, 0.6) is 0 Å². The topological polar surface area (TPSA) is 12.5 Å². The minimum Gasteiger partial charge on any atom is -0.361 e. The zero-order valence-corrected chi connectivity index (χ0v) is 12.2. The van der Waals surface area contributed by atoms with Crippen LogP contribution in [0.15, 0.2) is 60.7 Å². The van der Waals surface area contributed by atoms with Gasteiger partial charge in [-0.25, -0.2) is 0 Å². The smallest absolute Gasteiger partial charge is 0.111 e. The first kappa shape index (κ1) is 13.1. The van der Waals surface area contributed by atoms with Crippen LogP contribution in [0.1, 0.15) is 42.5 Å². The highest BCUT2D eigenvalue weighted by Gasteiger charge is 2.42. The molecule has 2 nitrogen and oxygen atoms in total. The van der Waals surface area contributed by atoms with Crippen LogP contribution in [0.3, 0.4) is 0 Å². The second-order valence-electron chi connectivity index (χ2n) is 6.02. The summed E-state index contributed by atoms with van der Waals surface area (Å²) in [6.45, 7) is 0.817. The zero-order valence-electron chi connectivity index (χ0n) is 12.2. The molecule has 0 aromatic heterocycles. The molecule has 2 fully saturated rings. The van der Waals surface area contributed by atoms with E-state index in [4.69, 9.17) is 4.74 Å². The van der Waals surface area contributed by atoms with Crippen LogP contribution >= 0.6 is 0 Å². The van der Waals surface area contributed by atoms with Gasteiger partial charge in [-0.05, 0) is 30.4 Å². The first-order valence-electron chi connectivity index (χ1n) is 7.92. The summed E-state index contributed by atoms with van der Waals surface area (Å²) in [6, 6.07) is 22.6. The molecule has 2 saturated heterocycles. The largest absolute Gasteiger partial charge is 0.361 e. The molecule has 0 saturated carbocycles. The van der Waals surface area contributed by atoms with Crippen LogP contribution in [0.2, 0.25) is 0 Å². The first-order valence-corrected chi connectivity index (χ1v) is 7.92. The third kappa shape index (κ3) is 2.39. The molecule has 0 bridgehead atoms. The van der Waals surface area contributed by atoms with Crippen molar-refractivity contribution < 1.29 is 4.74 Å². The van der Waals surface area contributed by atoms with Gasteiger partial charge in [0.15, 0.2) is 0 Å². The van der Waals surface area contributed by atoms with Crippen molar-refractivity contribution in [2.45, 2.75) is 37.6 Å². The molecule has 0 unspecified atom stereocenters. The van der Waals surface area contributed by atoms with Crippen LogP contribution < -0.4 is 0 Å². The summed E-state index contributed by atoms with van der Waals surface area (Å²) in [5.74, 6) is 0. The van der Waals surface area contributed by atoms with Crippen LogP contribution in [0.4, 0.5) is 0 Å². The summed E-state index contributed by atoms with van der Waals surface area (Å²) in [5, 5.41) is 0. The van der Waals surface area contributed by atoms with E-state index in [1.54, 1.807) is 0 Å². The third-order valence-corrected chi connectivity index (χ3v) is 4.80. The fraction of sp³-hybridized carbons (Fsp3) is 0.368. The van der Waals surface area contributed by atoms with Crippen molar-refractivity contribution in [3.8, 4) is 0 Å². The molecule has 0 spiro atoms. The van der Waals surface area contributed by atoms with Crippen LogP contribution in [0, 0.1) is 0 Å². The highest BCUT2D eigenvalue weighted by molar-refractivity contribution is 5.24. The molecule has 108 valence electrons. The van der Waals surface area contributed by atoms with E-state index in [1.807, 2.05) is 0 Å². The maximum absolute atomic E-state index is 6.10. The Balaban J connectivity index is 1.69. The summed E-state index contributed by atoms with van der Waals surface area (Å²) in [5.41, 5.74) is 2.80. The number of hydrogen-bond donors (Lipinski definition) is 0. The van der Waals surface area contributed by atoms with Gasteiger partial charge in [0.25, 0.3) is 0 Å². The van der Waals surface area contributed by atoms with E-state index in [0.29, 0.717) is 12.1 Å². The van der Waals surface area contributed by atoms with Crippen molar-refractivity contribution in [3.05, 3.63) is 71.8 Å². The maximum atomic E-state index is 6.10. The van der Waals surface area contributed by atoms with E-state index >= 15 is 0 Å². The lowest BCUT2D eigenvalue weighted by Gasteiger charge is -2.40. The SMILES string of the molecule is c1ccc([C@H]2CCC[C@H]3OC[C@H](c4ccccc4)N23)cc1. The third-order valence-electron chi connectivity index (χ3n) is 4.80. The van der Waals surface area contributed by atoms with Crippen molar-refractivity contribution >= 4 is 0 Å². The quantitative estimate of drug-likeness (QED) is 0.812. The second-order valence-corrected chi connectivity index (χ2v) is 6.02. The molecule has 2 heteroatoms. The molecule has 2 aliphatic heterocycles. The van der Waals surface area contributed by atoms with Crippen molar-refractivity contribution in [1.29, 1.82) is 0 Å². The van der Waals surface area contributed by atoms with E-state index in [1.165, 1.54) is 24.0 Å². The maximum Gasteiger partial charge on any atom is 0.111 e. The van der Waals surface area contributed by atoms with Gasteiger partial charge in [-0.1, -0.05) is 60.7 Å². The van der Waals surface area contributed by atoms with Gasteiger partial charge < -0.3 is 4.74 Å². The first-order chi connectivity index (χ1) is 10.4. The number of nitrogens with zero attached hydrogens (tertiary/aromatic N) is 1. The van der Waals surface area contributed by atoms with E-state index < -0.39 is 0 Å². The molecule has 2 heterocycles. The van der Waals surface area contributed by atoms with Gasteiger partial charge in [-0.2, -0.15) is 0 Å². The molecule has 4 rings (SSSR count). The average molecular weight is 279 g/mol. The summed E-state index contributed by atoms with van der Waals surface area (Å²) in [4.78, 5) is 2.61.